The van der Waals surface area contributed by atoms with Gasteiger partial charge in [-0.1, -0.05) is 0 Å². The summed E-state index contributed by atoms with van der Waals surface area (Å²) in [6.45, 7) is 3.67. The number of carbonyl (C=O) groups excluding carboxylic acids is 3. The SMILES string of the molecule is CC(NCCC(=O)N1CCCC1)C(=O)NC(N)=O. The number of hydrogen-bond acceptors (Lipinski definition) is 4. The third-order valence-corrected chi connectivity index (χ3v) is 2.89. The van der Waals surface area contributed by atoms with E-state index in [9.17, 15) is 14.4 Å². The molecule has 7 nitrogen and oxygen atoms in total. The highest BCUT2D eigenvalue weighted by atomic mass is 16.2. The van der Waals surface area contributed by atoms with Gasteiger partial charge in [0.05, 0.1) is 6.04 Å². The van der Waals surface area contributed by atoms with Crippen LogP contribution in [0.15, 0.2) is 0 Å². The Morgan fingerprint density at radius 2 is 1.89 bits per heavy atom. The van der Waals surface area contributed by atoms with Gasteiger partial charge in [-0.2, -0.15) is 0 Å². The molecule has 1 unspecified atom stereocenters. The molecule has 4 amide bonds. The number of nitrogens with zero attached hydrogens (tertiary/aromatic N) is 1. The summed E-state index contributed by atoms with van der Waals surface area (Å²) in [7, 11) is 0. The summed E-state index contributed by atoms with van der Waals surface area (Å²) in [6.07, 6.45) is 2.49. The van der Waals surface area contributed by atoms with Gasteiger partial charge in [0.1, 0.15) is 0 Å². The summed E-state index contributed by atoms with van der Waals surface area (Å²) in [4.78, 5) is 35.3. The fourth-order valence-electron chi connectivity index (χ4n) is 1.84. The highest BCUT2D eigenvalue weighted by Crippen LogP contribution is 2.08. The summed E-state index contributed by atoms with van der Waals surface area (Å²) in [5.41, 5.74) is 4.83. The van der Waals surface area contributed by atoms with Gasteiger partial charge in [0.25, 0.3) is 0 Å². The number of nitrogens with two attached hydrogens (primary N) is 1. The van der Waals surface area contributed by atoms with E-state index < -0.39 is 18.0 Å². The summed E-state index contributed by atoms with van der Waals surface area (Å²) in [5, 5.41) is 4.85. The van der Waals surface area contributed by atoms with Crippen molar-refractivity contribution in [2.24, 2.45) is 5.73 Å². The van der Waals surface area contributed by atoms with Crippen LogP contribution in [0.2, 0.25) is 0 Å². The minimum absolute atomic E-state index is 0.0995. The highest BCUT2D eigenvalue weighted by Gasteiger charge is 2.18. The number of urea groups is 1. The third-order valence-electron chi connectivity index (χ3n) is 2.89. The van der Waals surface area contributed by atoms with Gasteiger partial charge in [-0.25, -0.2) is 4.79 Å². The normalized spacial score (nSPS) is 16.4. The van der Waals surface area contributed by atoms with Crippen LogP contribution in [0.4, 0.5) is 4.79 Å². The Balaban J connectivity index is 2.18. The first-order valence-electron chi connectivity index (χ1n) is 6.12. The lowest BCUT2D eigenvalue weighted by molar-refractivity contribution is -0.130. The van der Waals surface area contributed by atoms with Crippen LogP contribution in [-0.4, -0.2) is 48.4 Å². The molecule has 0 aromatic heterocycles. The molecule has 4 N–H and O–H groups in total. The lowest BCUT2D eigenvalue weighted by Crippen LogP contribution is -2.47. The van der Waals surface area contributed by atoms with Gasteiger partial charge >= 0.3 is 6.03 Å². The summed E-state index contributed by atoms with van der Waals surface area (Å²) >= 11 is 0. The van der Waals surface area contributed by atoms with Crippen molar-refractivity contribution in [3.05, 3.63) is 0 Å². The second-order valence-electron chi connectivity index (χ2n) is 4.37. The predicted molar refractivity (Wildman–Crippen MR) is 65.6 cm³/mol. The van der Waals surface area contributed by atoms with Gasteiger partial charge in [0, 0.05) is 26.1 Å². The molecule has 1 aliphatic heterocycles. The Bertz CT molecular complexity index is 326. The average molecular weight is 256 g/mol. The van der Waals surface area contributed by atoms with E-state index in [1.165, 1.54) is 0 Å². The van der Waals surface area contributed by atoms with Crippen LogP contribution in [0.5, 0.6) is 0 Å². The Labute approximate surface area is 106 Å². The van der Waals surface area contributed by atoms with Crippen molar-refractivity contribution < 1.29 is 14.4 Å². The minimum Gasteiger partial charge on any atom is -0.351 e. The van der Waals surface area contributed by atoms with Crippen molar-refractivity contribution >= 4 is 17.8 Å². The molecule has 7 heteroatoms. The first-order chi connectivity index (χ1) is 8.50. The van der Waals surface area contributed by atoms with Crippen molar-refractivity contribution in [2.75, 3.05) is 19.6 Å². The molecule has 0 aromatic rings. The van der Waals surface area contributed by atoms with Gasteiger partial charge in [0.15, 0.2) is 0 Å². The van der Waals surface area contributed by atoms with Gasteiger partial charge in [0.2, 0.25) is 11.8 Å². The molecular formula is C11H20N4O3. The van der Waals surface area contributed by atoms with Crippen LogP contribution in [0.25, 0.3) is 0 Å². The molecule has 102 valence electrons. The van der Waals surface area contributed by atoms with E-state index in [2.05, 4.69) is 5.32 Å². The molecule has 1 rings (SSSR count). The second-order valence-corrected chi connectivity index (χ2v) is 4.37. The minimum atomic E-state index is -0.873. The van der Waals surface area contributed by atoms with Crippen LogP contribution < -0.4 is 16.4 Å². The van der Waals surface area contributed by atoms with E-state index in [1.807, 2.05) is 10.2 Å². The number of hydrogen-bond donors (Lipinski definition) is 3. The molecule has 1 atom stereocenters. The fraction of sp³-hybridized carbons (Fsp3) is 0.727. The second kappa shape index (κ2) is 6.95. The van der Waals surface area contributed by atoms with E-state index in [-0.39, 0.29) is 5.91 Å². The van der Waals surface area contributed by atoms with Crippen LogP contribution >= 0.6 is 0 Å². The maximum atomic E-state index is 11.7. The highest BCUT2D eigenvalue weighted by molar-refractivity contribution is 5.96. The molecule has 1 heterocycles. The van der Waals surface area contributed by atoms with Crippen LogP contribution in [0.3, 0.4) is 0 Å². The standard InChI is InChI=1S/C11H20N4O3/c1-8(10(17)14-11(12)18)13-5-4-9(16)15-6-2-3-7-15/h8,13H,2-7H2,1H3,(H3,12,14,17,18). The van der Waals surface area contributed by atoms with Crippen molar-refractivity contribution in [2.45, 2.75) is 32.2 Å². The molecule has 0 aliphatic carbocycles. The first kappa shape index (κ1) is 14.4. The van der Waals surface area contributed by atoms with E-state index in [4.69, 9.17) is 5.73 Å². The van der Waals surface area contributed by atoms with Gasteiger partial charge in [-0.3, -0.25) is 14.9 Å². The first-order valence-corrected chi connectivity index (χ1v) is 6.12. The molecule has 0 saturated carbocycles. The van der Waals surface area contributed by atoms with Crippen molar-refractivity contribution in [1.82, 2.24) is 15.5 Å². The van der Waals surface area contributed by atoms with Crippen LogP contribution in [0.1, 0.15) is 26.2 Å². The Hall–Kier alpha value is -1.63. The van der Waals surface area contributed by atoms with Gasteiger partial charge in [-0.15, -0.1) is 0 Å². The van der Waals surface area contributed by atoms with Crippen LogP contribution in [0, 0.1) is 0 Å². The van der Waals surface area contributed by atoms with E-state index >= 15 is 0 Å². The monoisotopic (exact) mass is 256 g/mol. The average Bonchev–Trinajstić information content (AvgIpc) is 2.81. The number of likely N-dealkylation sites (tertiary alicyclic amines) is 1. The summed E-state index contributed by atoms with van der Waals surface area (Å²) in [6, 6.07) is -1.43. The van der Waals surface area contributed by atoms with Gasteiger partial charge in [-0.05, 0) is 19.8 Å². The van der Waals surface area contributed by atoms with Crippen LogP contribution in [-0.2, 0) is 9.59 Å². The number of rotatable bonds is 5. The lowest BCUT2D eigenvalue weighted by atomic mass is 10.3. The Kier molecular flexibility index (Phi) is 5.57. The van der Waals surface area contributed by atoms with E-state index in [0.29, 0.717) is 13.0 Å². The maximum Gasteiger partial charge on any atom is 0.318 e. The molecule has 1 fully saturated rings. The zero-order valence-corrected chi connectivity index (χ0v) is 10.6. The molecule has 1 aliphatic rings. The maximum absolute atomic E-state index is 11.7. The molecule has 0 aromatic carbocycles. The Morgan fingerprint density at radius 1 is 1.28 bits per heavy atom. The number of nitrogens with one attached hydrogen (secondary N) is 2. The molecule has 0 bridgehead atoms. The number of primary amides is 1. The molecule has 0 spiro atoms. The number of amides is 4. The smallest absolute Gasteiger partial charge is 0.318 e. The summed E-state index contributed by atoms with van der Waals surface area (Å²) < 4.78 is 0. The number of imide groups is 1. The number of carbonyl (C=O) groups is 3. The predicted octanol–water partition coefficient (Wildman–Crippen LogP) is -0.828. The quantitative estimate of drug-likeness (QED) is 0.597. The zero-order chi connectivity index (χ0) is 13.5. The topological polar surface area (TPSA) is 105 Å². The summed E-state index contributed by atoms with van der Waals surface area (Å²) in [5.74, 6) is -0.390. The lowest BCUT2D eigenvalue weighted by Gasteiger charge is -2.16. The van der Waals surface area contributed by atoms with Crippen molar-refractivity contribution in [3.63, 3.8) is 0 Å². The third kappa shape index (κ3) is 4.70. The van der Waals surface area contributed by atoms with E-state index in [0.717, 1.165) is 25.9 Å². The molecule has 0 radical (unpaired) electrons. The fourth-order valence-corrected chi connectivity index (χ4v) is 1.84. The molecular weight excluding hydrogens is 236 g/mol. The molecule has 18 heavy (non-hydrogen) atoms. The van der Waals surface area contributed by atoms with Gasteiger partial charge < -0.3 is 16.0 Å². The van der Waals surface area contributed by atoms with E-state index in [1.54, 1.807) is 6.92 Å². The van der Waals surface area contributed by atoms with Crippen molar-refractivity contribution in [3.8, 4) is 0 Å². The zero-order valence-electron chi connectivity index (χ0n) is 10.6. The molecule has 1 saturated heterocycles. The largest absolute Gasteiger partial charge is 0.351 e. The Morgan fingerprint density at radius 3 is 2.44 bits per heavy atom. The van der Waals surface area contributed by atoms with Crippen molar-refractivity contribution in [1.29, 1.82) is 0 Å².